The Balaban J connectivity index is 1.97. The molecule has 2 rings (SSSR count). The van der Waals surface area contributed by atoms with Crippen LogP contribution in [-0.4, -0.2) is 25.9 Å². The maximum atomic E-state index is 11.8. The van der Waals surface area contributed by atoms with E-state index in [-0.39, 0.29) is 15.5 Å². The molecule has 0 saturated carbocycles. The maximum absolute atomic E-state index is 11.8. The van der Waals surface area contributed by atoms with Crippen LogP contribution in [0.1, 0.15) is 76.7 Å². The fourth-order valence-corrected chi connectivity index (χ4v) is 4.95. The van der Waals surface area contributed by atoms with E-state index >= 15 is 0 Å². The third-order valence-electron chi connectivity index (χ3n) is 5.45. The second-order valence-electron chi connectivity index (χ2n) is 8.23. The molecule has 184 valence electrons. The normalized spacial score (nSPS) is 12.1. The first-order chi connectivity index (χ1) is 15.6. The van der Waals surface area contributed by atoms with E-state index in [9.17, 15) is 25.9 Å². The fraction of sp³-hybridized carbons (Fsp3) is 0.500. The number of aryl methyl sites for hydroxylation is 1. The van der Waals surface area contributed by atoms with E-state index in [0.29, 0.717) is 17.7 Å². The summed E-state index contributed by atoms with van der Waals surface area (Å²) >= 11 is 0. The quantitative estimate of drug-likeness (QED) is 0.214. The van der Waals surface area contributed by atoms with Gasteiger partial charge in [0.15, 0.2) is 0 Å². The van der Waals surface area contributed by atoms with Gasteiger partial charge in [-0.05, 0) is 48.7 Å². The lowest BCUT2D eigenvalue weighted by Gasteiger charge is -2.12. The lowest BCUT2D eigenvalue weighted by molar-refractivity contribution is 0.468. The Kier molecular flexibility index (Phi) is 10.8. The van der Waals surface area contributed by atoms with Crippen molar-refractivity contribution in [1.82, 2.24) is 0 Å². The van der Waals surface area contributed by atoms with Crippen LogP contribution in [0.25, 0.3) is 0 Å². The SMILES string of the molecule is CCCCCCCCCCCCc1cc(Oc2cccc(S(=O)(=O)O)c2)ccc1S(=O)(=O)O. The molecule has 2 aromatic rings. The van der Waals surface area contributed by atoms with Crippen molar-refractivity contribution in [1.29, 1.82) is 0 Å². The summed E-state index contributed by atoms with van der Waals surface area (Å²) in [6.07, 6.45) is 12.0. The van der Waals surface area contributed by atoms with Crippen molar-refractivity contribution in [3.05, 3.63) is 48.0 Å². The average molecular weight is 499 g/mol. The molecule has 2 N–H and O–H groups in total. The topological polar surface area (TPSA) is 118 Å². The van der Waals surface area contributed by atoms with E-state index in [4.69, 9.17) is 4.74 Å². The Bertz CT molecular complexity index is 1090. The van der Waals surface area contributed by atoms with E-state index in [2.05, 4.69) is 6.92 Å². The molecule has 0 aliphatic carbocycles. The number of ether oxygens (including phenoxy) is 1. The Morgan fingerprint density at radius 2 is 1.27 bits per heavy atom. The first-order valence-corrected chi connectivity index (χ1v) is 14.3. The number of hydrogen-bond donors (Lipinski definition) is 2. The van der Waals surface area contributed by atoms with Crippen molar-refractivity contribution in [3.8, 4) is 11.5 Å². The third kappa shape index (κ3) is 9.83. The summed E-state index contributed by atoms with van der Waals surface area (Å²) in [5, 5.41) is 0. The van der Waals surface area contributed by atoms with Gasteiger partial charge in [-0.3, -0.25) is 9.11 Å². The monoisotopic (exact) mass is 498 g/mol. The summed E-state index contributed by atoms with van der Waals surface area (Å²) < 4.78 is 70.6. The molecule has 0 fully saturated rings. The van der Waals surface area contributed by atoms with Crippen molar-refractivity contribution in [2.24, 2.45) is 0 Å². The molecule has 0 spiro atoms. The summed E-state index contributed by atoms with van der Waals surface area (Å²) in [6, 6.07) is 9.57. The second kappa shape index (κ2) is 13.1. The van der Waals surface area contributed by atoms with Crippen molar-refractivity contribution < 1.29 is 30.7 Å². The Labute approximate surface area is 197 Å². The molecule has 0 atom stereocenters. The molecule has 0 aromatic heterocycles. The van der Waals surface area contributed by atoms with Crippen LogP contribution in [0.15, 0.2) is 52.3 Å². The fourth-order valence-electron chi connectivity index (χ4n) is 3.70. The van der Waals surface area contributed by atoms with Crippen LogP contribution >= 0.6 is 0 Å². The molecule has 0 amide bonds. The van der Waals surface area contributed by atoms with Gasteiger partial charge in [-0.2, -0.15) is 16.8 Å². The maximum Gasteiger partial charge on any atom is 0.294 e. The molecular formula is C24H34O7S2. The van der Waals surface area contributed by atoms with Crippen LogP contribution in [0.5, 0.6) is 11.5 Å². The molecule has 0 aliphatic rings. The molecule has 0 saturated heterocycles. The van der Waals surface area contributed by atoms with Crippen LogP contribution in [0.2, 0.25) is 0 Å². The van der Waals surface area contributed by atoms with Gasteiger partial charge in [-0.1, -0.05) is 70.8 Å². The number of rotatable bonds is 15. The van der Waals surface area contributed by atoms with Crippen LogP contribution in [-0.2, 0) is 26.7 Å². The first kappa shape index (κ1) is 27.3. The van der Waals surface area contributed by atoms with Crippen molar-refractivity contribution in [2.45, 2.75) is 87.3 Å². The summed E-state index contributed by atoms with van der Waals surface area (Å²) in [5.74, 6) is 0.478. The number of unbranched alkanes of at least 4 members (excludes halogenated alkanes) is 9. The highest BCUT2D eigenvalue weighted by atomic mass is 32.2. The summed E-state index contributed by atoms with van der Waals surface area (Å²) in [5.41, 5.74) is 0.445. The lowest BCUT2D eigenvalue weighted by Crippen LogP contribution is -2.04. The molecule has 0 unspecified atom stereocenters. The molecule has 0 aliphatic heterocycles. The van der Waals surface area contributed by atoms with Gasteiger partial charge >= 0.3 is 0 Å². The van der Waals surface area contributed by atoms with Crippen LogP contribution < -0.4 is 4.74 Å². The van der Waals surface area contributed by atoms with E-state index in [0.717, 1.165) is 25.7 Å². The Morgan fingerprint density at radius 1 is 0.697 bits per heavy atom. The second-order valence-corrected chi connectivity index (χ2v) is 11.0. The minimum atomic E-state index is -4.38. The molecule has 0 radical (unpaired) electrons. The largest absolute Gasteiger partial charge is 0.457 e. The molecule has 9 heteroatoms. The zero-order chi connectivity index (χ0) is 24.3. The van der Waals surface area contributed by atoms with E-state index in [1.807, 2.05) is 0 Å². The van der Waals surface area contributed by atoms with E-state index in [1.54, 1.807) is 0 Å². The van der Waals surface area contributed by atoms with Crippen molar-refractivity contribution in [2.75, 3.05) is 0 Å². The highest BCUT2D eigenvalue weighted by Crippen LogP contribution is 2.28. The Hall–Kier alpha value is -1.94. The van der Waals surface area contributed by atoms with Gasteiger partial charge in [-0.25, -0.2) is 0 Å². The smallest absolute Gasteiger partial charge is 0.294 e. The van der Waals surface area contributed by atoms with Gasteiger partial charge in [0.05, 0.1) is 9.79 Å². The summed E-state index contributed by atoms with van der Waals surface area (Å²) in [7, 11) is -8.75. The summed E-state index contributed by atoms with van der Waals surface area (Å²) in [4.78, 5) is -0.461. The van der Waals surface area contributed by atoms with Crippen molar-refractivity contribution >= 4 is 20.2 Å². The predicted molar refractivity (Wildman–Crippen MR) is 128 cm³/mol. The van der Waals surface area contributed by atoms with Crippen LogP contribution in [0.4, 0.5) is 0 Å². The van der Waals surface area contributed by atoms with Gasteiger partial charge in [-0.15, -0.1) is 0 Å². The zero-order valence-corrected chi connectivity index (χ0v) is 20.7. The van der Waals surface area contributed by atoms with Gasteiger partial charge < -0.3 is 4.74 Å². The minimum Gasteiger partial charge on any atom is -0.457 e. The highest BCUT2D eigenvalue weighted by Gasteiger charge is 2.17. The van der Waals surface area contributed by atoms with Gasteiger partial charge in [0, 0.05) is 6.07 Å². The van der Waals surface area contributed by atoms with Crippen LogP contribution in [0.3, 0.4) is 0 Å². The van der Waals surface area contributed by atoms with E-state index < -0.39 is 20.2 Å². The van der Waals surface area contributed by atoms with Gasteiger partial charge in [0.2, 0.25) is 0 Å². The van der Waals surface area contributed by atoms with Gasteiger partial charge in [0.25, 0.3) is 20.2 Å². The number of hydrogen-bond acceptors (Lipinski definition) is 5. The predicted octanol–water partition coefficient (Wildman–Crippen LogP) is 6.44. The Morgan fingerprint density at radius 3 is 1.85 bits per heavy atom. The minimum absolute atomic E-state index is 0.155. The van der Waals surface area contributed by atoms with Gasteiger partial charge in [0.1, 0.15) is 11.5 Å². The summed E-state index contributed by atoms with van der Waals surface area (Å²) in [6.45, 7) is 2.20. The van der Waals surface area contributed by atoms with Crippen molar-refractivity contribution in [3.63, 3.8) is 0 Å². The standard InChI is InChI=1S/C24H34O7S2/c1-2-3-4-5-6-7-8-9-10-11-13-20-18-22(16-17-24(20)33(28,29)30)31-21-14-12-15-23(19-21)32(25,26)27/h12,14-19H,2-11,13H2,1H3,(H,25,26,27)(H,28,29,30). The molecular weight excluding hydrogens is 464 g/mol. The van der Waals surface area contributed by atoms with Crippen LogP contribution in [0, 0.1) is 0 Å². The number of benzene rings is 2. The first-order valence-electron chi connectivity index (χ1n) is 11.5. The molecule has 0 bridgehead atoms. The molecule has 0 heterocycles. The molecule has 33 heavy (non-hydrogen) atoms. The van der Waals surface area contributed by atoms with E-state index in [1.165, 1.54) is 81.0 Å². The zero-order valence-electron chi connectivity index (χ0n) is 19.1. The average Bonchev–Trinajstić information content (AvgIpc) is 2.74. The third-order valence-corrected chi connectivity index (χ3v) is 7.25. The highest BCUT2D eigenvalue weighted by molar-refractivity contribution is 7.86. The molecule has 7 nitrogen and oxygen atoms in total. The molecule has 2 aromatic carbocycles. The lowest BCUT2D eigenvalue weighted by atomic mass is 10.0.